The van der Waals surface area contributed by atoms with Crippen LogP contribution in [0.25, 0.3) is 5.82 Å². The fraction of sp³-hybridized carbons (Fsp3) is 0.550. The van der Waals surface area contributed by atoms with Gasteiger partial charge in [-0.05, 0) is 37.8 Å². The van der Waals surface area contributed by atoms with E-state index in [-0.39, 0.29) is 0 Å². The summed E-state index contributed by atoms with van der Waals surface area (Å²) >= 11 is 0. The topological polar surface area (TPSA) is 84.2 Å². The van der Waals surface area contributed by atoms with Crippen molar-refractivity contribution in [3.05, 3.63) is 42.1 Å². The van der Waals surface area contributed by atoms with Crippen molar-refractivity contribution in [1.29, 1.82) is 0 Å². The Morgan fingerprint density at radius 2 is 2.21 bits per heavy atom. The molecule has 1 fully saturated rings. The lowest BCUT2D eigenvalue weighted by atomic mass is 9.95. The molecular formula is C20H30N6OS. The normalized spacial score (nSPS) is 21.3. The zero-order valence-electron chi connectivity index (χ0n) is 16.9. The van der Waals surface area contributed by atoms with Crippen LogP contribution in [0.15, 0.2) is 35.7 Å². The van der Waals surface area contributed by atoms with E-state index in [0.717, 1.165) is 54.6 Å². The second-order valence-electron chi connectivity index (χ2n) is 7.09. The minimum absolute atomic E-state index is 0.303. The van der Waals surface area contributed by atoms with Crippen molar-refractivity contribution >= 4 is 16.8 Å². The van der Waals surface area contributed by atoms with Gasteiger partial charge in [0.25, 0.3) is 0 Å². The van der Waals surface area contributed by atoms with E-state index in [9.17, 15) is 4.21 Å². The number of guanidine groups is 1. The van der Waals surface area contributed by atoms with Gasteiger partial charge >= 0.3 is 0 Å². The van der Waals surface area contributed by atoms with Crippen LogP contribution in [-0.2, 0) is 17.3 Å². The van der Waals surface area contributed by atoms with Gasteiger partial charge in [0, 0.05) is 60.0 Å². The molecule has 3 unspecified atom stereocenters. The van der Waals surface area contributed by atoms with E-state index >= 15 is 0 Å². The number of aliphatic imine (C=N–C) groups is 1. The van der Waals surface area contributed by atoms with Crippen LogP contribution in [0.1, 0.15) is 44.0 Å². The number of hydrogen-bond donors (Lipinski definition) is 2. The summed E-state index contributed by atoms with van der Waals surface area (Å²) in [6.45, 7) is 4.60. The van der Waals surface area contributed by atoms with Gasteiger partial charge in [-0.25, -0.2) is 9.97 Å². The summed E-state index contributed by atoms with van der Waals surface area (Å²) < 4.78 is 14.1. The van der Waals surface area contributed by atoms with Crippen LogP contribution in [0, 0.1) is 6.92 Å². The highest BCUT2D eigenvalue weighted by Crippen LogP contribution is 2.23. The molecule has 1 aliphatic rings. The van der Waals surface area contributed by atoms with Crippen LogP contribution in [0.3, 0.4) is 0 Å². The molecule has 0 aromatic carbocycles. The SMILES string of the molecule is CCS(=O)C1CCCC(NC(=NC)NCc2ccc(-n3ccnc3C)nc2)C1. The van der Waals surface area contributed by atoms with E-state index in [4.69, 9.17) is 0 Å². The molecule has 0 saturated heterocycles. The Morgan fingerprint density at radius 1 is 1.36 bits per heavy atom. The second-order valence-corrected chi connectivity index (χ2v) is 9.10. The second kappa shape index (κ2) is 9.82. The molecule has 8 heteroatoms. The van der Waals surface area contributed by atoms with Crippen molar-refractivity contribution in [3.63, 3.8) is 0 Å². The smallest absolute Gasteiger partial charge is 0.191 e. The van der Waals surface area contributed by atoms with Crippen molar-refractivity contribution in [3.8, 4) is 5.82 Å². The third-order valence-corrected chi connectivity index (χ3v) is 6.93. The third-order valence-electron chi connectivity index (χ3n) is 5.19. The molecule has 0 bridgehead atoms. The van der Waals surface area contributed by atoms with E-state index in [1.165, 1.54) is 0 Å². The molecule has 3 rings (SSSR count). The first kappa shape index (κ1) is 20.5. The lowest BCUT2D eigenvalue weighted by molar-refractivity contribution is 0.413. The molecule has 1 aliphatic carbocycles. The summed E-state index contributed by atoms with van der Waals surface area (Å²) in [6, 6.07) is 4.38. The highest BCUT2D eigenvalue weighted by molar-refractivity contribution is 7.85. The van der Waals surface area contributed by atoms with Gasteiger partial charge in [-0.2, -0.15) is 0 Å². The lowest BCUT2D eigenvalue weighted by Crippen LogP contribution is -2.46. The Bertz CT molecular complexity index is 816. The van der Waals surface area contributed by atoms with E-state index in [2.05, 4.69) is 31.7 Å². The first-order valence-electron chi connectivity index (χ1n) is 9.90. The predicted molar refractivity (Wildman–Crippen MR) is 114 cm³/mol. The zero-order chi connectivity index (χ0) is 19.9. The molecule has 28 heavy (non-hydrogen) atoms. The average molecular weight is 403 g/mol. The van der Waals surface area contributed by atoms with Crippen LogP contribution >= 0.6 is 0 Å². The van der Waals surface area contributed by atoms with Crippen LogP contribution in [0.4, 0.5) is 0 Å². The maximum atomic E-state index is 12.1. The summed E-state index contributed by atoms with van der Waals surface area (Å²) in [7, 11) is 1.06. The van der Waals surface area contributed by atoms with Gasteiger partial charge in [0.05, 0.1) is 0 Å². The Kier molecular flexibility index (Phi) is 7.19. The van der Waals surface area contributed by atoms with Crippen LogP contribution < -0.4 is 10.6 Å². The molecule has 7 nitrogen and oxygen atoms in total. The first-order valence-corrected chi connectivity index (χ1v) is 11.3. The minimum Gasteiger partial charge on any atom is -0.354 e. The molecule has 0 radical (unpaired) electrons. The molecule has 0 aliphatic heterocycles. The fourth-order valence-electron chi connectivity index (χ4n) is 3.61. The van der Waals surface area contributed by atoms with Crippen molar-refractivity contribution in [1.82, 2.24) is 25.2 Å². The number of aryl methyl sites for hydroxylation is 1. The van der Waals surface area contributed by atoms with Gasteiger partial charge in [0.2, 0.25) is 0 Å². The summed E-state index contributed by atoms with van der Waals surface area (Å²) in [5.74, 6) is 3.30. The van der Waals surface area contributed by atoms with Gasteiger partial charge in [-0.3, -0.25) is 13.8 Å². The summed E-state index contributed by atoms with van der Waals surface area (Å²) in [6.07, 6.45) is 9.78. The van der Waals surface area contributed by atoms with E-state index < -0.39 is 10.8 Å². The molecule has 152 valence electrons. The maximum absolute atomic E-state index is 12.1. The van der Waals surface area contributed by atoms with Crippen LogP contribution in [0.5, 0.6) is 0 Å². The zero-order valence-corrected chi connectivity index (χ0v) is 17.7. The number of nitrogens with one attached hydrogen (secondary N) is 2. The van der Waals surface area contributed by atoms with E-state index in [1.54, 1.807) is 13.2 Å². The Morgan fingerprint density at radius 3 is 2.86 bits per heavy atom. The quantitative estimate of drug-likeness (QED) is 0.572. The lowest BCUT2D eigenvalue weighted by Gasteiger charge is -2.30. The number of nitrogens with zero attached hydrogens (tertiary/aromatic N) is 4. The molecule has 3 atom stereocenters. The molecular weight excluding hydrogens is 372 g/mol. The monoisotopic (exact) mass is 402 g/mol. The predicted octanol–water partition coefficient (Wildman–Crippen LogP) is 2.32. The molecule has 0 amide bonds. The number of imidazole rings is 1. The Balaban J connectivity index is 1.53. The average Bonchev–Trinajstić information content (AvgIpc) is 3.17. The van der Waals surface area contributed by atoms with Crippen molar-refractivity contribution in [2.45, 2.75) is 57.4 Å². The summed E-state index contributed by atoms with van der Waals surface area (Å²) in [5, 5.41) is 7.16. The van der Waals surface area contributed by atoms with E-state index in [1.807, 2.05) is 36.9 Å². The number of rotatable bonds is 6. The van der Waals surface area contributed by atoms with Gasteiger partial charge in [-0.15, -0.1) is 0 Å². The standard InChI is InChI=1S/C20H30N6OS/c1-4-28(27)18-7-5-6-17(12-18)25-20(21-3)24-14-16-8-9-19(23-13-16)26-11-10-22-15(26)2/h8-11,13,17-18H,4-7,12,14H2,1-3H3,(H2,21,24,25). The fourth-order valence-corrected chi connectivity index (χ4v) is 4.96. The molecule has 2 heterocycles. The van der Waals surface area contributed by atoms with Gasteiger partial charge in [0.1, 0.15) is 11.6 Å². The molecule has 1 saturated carbocycles. The highest BCUT2D eigenvalue weighted by Gasteiger charge is 2.26. The maximum Gasteiger partial charge on any atom is 0.191 e. The van der Waals surface area contributed by atoms with Crippen LogP contribution in [0.2, 0.25) is 0 Å². The third kappa shape index (κ3) is 5.19. The first-order chi connectivity index (χ1) is 13.6. The van der Waals surface area contributed by atoms with E-state index in [0.29, 0.717) is 17.8 Å². The minimum atomic E-state index is -0.716. The number of hydrogen-bond acceptors (Lipinski definition) is 4. The van der Waals surface area contributed by atoms with Crippen molar-refractivity contribution < 1.29 is 4.21 Å². The summed E-state index contributed by atoms with van der Waals surface area (Å²) in [4.78, 5) is 13.1. The van der Waals surface area contributed by atoms with Gasteiger partial charge < -0.3 is 10.6 Å². The van der Waals surface area contributed by atoms with Gasteiger partial charge in [-0.1, -0.05) is 19.4 Å². The van der Waals surface area contributed by atoms with Crippen molar-refractivity contribution in [2.75, 3.05) is 12.8 Å². The molecule has 2 aromatic heterocycles. The largest absolute Gasteiger partial charge is 0.354 e. The Hall–Kier alpha value is -2.22. The Labute approximate surface area is 169 Å². The summed E-state index contributed by atoms with van der Waals surface area (Å²) in [5.41, 5.74) is 1.08. The van der Waals surface area contributed by atoms with Gasteiger partial charge in [0.15, 0.2) is 5.96 Å². The highest BCUT2D eigenvalue weighted by atomic mass is 32.2. The molecule has 2 aromatic rings. The number of aromatic nitrogens is 3. The number of pyridine rings is 1. The molecule has 2 N–H and O–H groups in total. The van der Waals surface area contributed by atoms with Crippen LogP contribution in [-0.4, -0.2) is 48.8 Å². The molecule has 0 spiro atoms. The van der Waals surface area contributed by atoms with Crippen molar-refractivity contribution in [2.24, 2.45) is 4.99 Å².